The zero-order valence-corrected chi connectivity index (χ0v) is 17.6. The number of nitrogens with zero attached hydrogens (tertiary/aromatic N) is 3. The third-order valence-corrected chi connectivity index (χ3v) is 6.75. The first-order chi connectivity index (χ1) is 14.3. The van der Waals surface area contributed by atoms with Crippen molar-refractivity contribution in [3.63, 3.8) is 0 Å². The van der Waals surface area contributed by atoms with E-state index in [1.54, 1.807) is 13.2 Å². The van der Waals surface area contributed by atoms with Gasteiger partial charge in [0.2, 0.25) is 5.88 Å². The quantitative estimate of drug-likeness (QED) is 0.755. The van der Waals surface area contributed by atoms with Gasteiger partial charge in [0.1, 0.15) is 11.6 Å². The van der Waals surface area contributed by atoms with E-state index < -0.39 is 5.56 Å². The number of fused-ring (bicyclic) bond motifs is 1. The average molecular weight is 410 g/mol. The molecule has 0 unspecified atom stereocenters. The Kier molecular flexibility index (Phi) is 5.02. The summed E-state index contributed by atoms with van der Waals surface area (Å²) < 4.78 is 11.2. The number of pyridine rings is 2. The molecule has 0 atom stereocenters. The summed E-state index contributed by atoms with van der Waals surface area (Å²) in [4.78, 5) is 34.0. The molecule has 0 radical (unpaired) electrons. The molecule has 8 heteroatoms. The summed E-state index contributed by atoms with van der Waals surface area (Å²) in [5, 5.41) is 10.3. The number of carbonyl (C=O) groups is 1. The molecule has 2 aromatic rings. The van der Waals surface area contributed by atoms with Crippen LogP contribution in [-0.2, 0) is 9.53 Å². The summed E-state index contributed by atoms with van der Waals surface area (Å²) in [6, 6.07) is 3.69. The van der Waals surface area contributed by atoms with Crippen molar-refractivity contribution in [1.82, 2.24) is 9.97 Å². The molecule has 1 N–H and O–H groups in total. The van der Waals surface area contributed by atoms with Crippen molar-refractivity contribution in [2.45, 2.75) is 51.6 Å². The van der Waals surface area contributed by atoms with Crippen molar-refractivity contribution in [2.24, 2.45) is 5.41 Å². The number of methoxy groups -OCH3 is 1. The molecule has 2 fully saturated rings. The van der Waals surface area contributed by atoms with Crippen LogP contribution in [0.15, 0.2) is 17.1 Å². The topological polar surface area (TPSA) is 108 Å². The number of hydrogen-bond acceptors (Lipinski definition) is 7. The molecule has 0 bridgehead atoms. The Labute approximate surface area is 174 Å². The number of hydrogen-bond donors (Lipinski definition) is 1. The minimum atomic E-state index is -0.450. The normalized spacial score (nSPS) is 19.3. The number of anilines is 1. The number of aromatic nitrogens is 2. The van der Waals surface area contributed by atoms with Gasteiger partial charge in [-0.1, -0.05) is 6.92 Å². The van der Waals surface area contributed by atoms with Crippen LogP contribution in [0.5, 0.6) is 5.88 Å². The molecule has 1 saturated carbocycles. The zero-order chi connectivity index (χ0) is 21.5. The van der Waals surface area contributed by atoms with E-state index in [-0.39, 0.29) is 28.4 Å². The van der Waals surface area contributed by atoms with Gasteiger partial charge in [-0.05, 0) is 39.0 Å². The van der Waals surface area contributed by atoms with Gasteiger partial charge in [-0.15, -0.1) is 0 Å². The Morgan fingerprint density at radius 3 is 2.60 bits per heavy atom. The molecule has 4 rings (SSSR count). The molecule has 158 valence electrons. The maximum Gasteiger partial charge on any atom is 0.318 e. The number of H-pyrrole nitrogens is 1. The molecule has 30 heavy (non-hydrogen) atoms. The standard InChI is InChI=1S/C22H26N4O4/c1-4-22(5-6-22)20(28)30-17-11-14-16(13-24-17)25-19(27)15(12-23)18(14)26-9-7-21(2,29-3)8-10-26/h11,13H,4-10H2,1-3H3,(H,25,27). The van der Waals surface area contributed by atoms with Crippen LogP contribution in [0.1, 0.15) is 51.5 Å². The van der Waals surface area contributed by atoms with E-state index in [0.29, 0.717) is 29.7 Å². The summed E-state index contributed by atoms with van der Waals surface area (Å²) in [6.07, 6.45) is 5.43. The number of piperidine rings is 1. The highest BCUT2D eigenvalue weighted by atomic mass is 16.5. The fraction of sp³-hybridized carbons (Fsp3) is 0.545. The van der Waals surface area contributed by atoms with E-state index in [1.807, 2.05) is 17.9 Å². The fourth-order valence-corrected chi connectivity index (χ4v) is 4.11. The van der Waals surface area contributed by atoms with Crippen LogP contribution >= 0.6 is 0 Å². The van der Waals surface area contributed by atoms with Crippen LogP contribution < -0.4 is 15.2 Å². The van der Waals surface area contributed by atoms with Crippen molar-refractivity contribution < 1.29 is 14.3 Å². The second-order valence-corrected chi connectivity index (χ2v) is 8.52. The molecule has 3 heterocycles. The second-order valence-electron chi connectivity index (χ2n) is 8.52. The van der Waals surface area contributed by atoms with Crippen LogP contribution in [0.25, 0.3) is 10.9 Å². The Morgan fingerprint density at radius 1 is 1.33 bits per heavy atom. The minimum Gasteiger partial charge on any atom is -0.407 e. The highest BCUT2D eigenvalue weighted by molar-refractivity contribution is 5.95. The molecule has 8 nitrogen and oxygen atoms in total. The lowest BCUT2D eigenvalue weighted by Gasteiger charge is -2.40. The van der Waals surface area contributed by atoms with Gasteiger partial charge in [-0.2, -0.15) is 5.26 Å². The third kappa shape index (κ3) is 3.43. The molecular weight excluding hydrogens is 384 g/mol. The number of ether oxygens (including phenoxy) is 2. The van der Waals surface area contributed by atoms with Crippen molar-refractivity contribution >= 4 is 22.6 Å². The number of aromatic amines is 1. The van der Waals surface area contributed by atoms with Crippen molar-refractivity contribution in [2.75, 3.05) is 25.1 Å². The van der Waals surface area contributed by atoms with E-state index in [2.05, 4.69) is 16.9 Å². The molecule has 2 aliphatic rings. The Hall–Kier alpha value is -2.92. The van der Waals surface area contributed by atoms with Crippen LogP contribution in [-0.4, -0.2) is 41.7 Å². The predicted octanol–water partition coefficient (Wildman–Crippen LogP) is 2.90. The van der Waals surface area contributed by atoms with Gasteiger partial charge in [0.25, 0.3) is 5.56 Å². The Morgan fingerprint density at radius 2 is 2.03 bits per heavy atom. The van der Waals surface area contributed by atoms with Gasteiger partial charge in [-0.3, -0.25) is 9.59 Å². The molecule has 0 spiro atoms. The van der Waals surface area contributed by atoms with Crippen LogP contribution in [0, 0.1) is 16.7 Å². The number of carbonyl (C=O) groups excluding carboxylic acids is 1. The largest absolute Gasteiger partial charge is 0.407 e. The van der Waals surface area contributed by atoms with Crippen molar-refractivity contribution in [3.05, 3.63) is 28.2 Å². The monoisotopic (exact) mass is 410 g/mol. The van der Waals surface area contributed by atoms with Crippen molar-refractivity contribution in [1.29, 1.82) is 5.26 Å². The summed E-state index contributed by atoms with van der Waals surface area (Å²) in [5.74, 6) is -0.0830. The highest BCUT2D eigenvalue weighted by Crippen LogP contribution is 2.49. The smallest absolute Gasteiger partial charge is 0.318 e. The molecular formula is C22H26N4O4. The van der Waals surface area contributed by atoms with Gasteiger partial charge < -0.3 is 19.4 Å². The molecule has 2 aromatic heterocycles. The first-order valence-electron chi connectivity index (χ1n) is 10.3. The van der Waals surface area contributed by atoms with Gasteiger partial charge in [0.15, 0.2) is 0 Å². The summed E-state index contributed by atoms with van der Waals surface area (Å²) in [5.41, 5.74) is 0.0612. The van der Waals surface area contributed by atoms with Crippen LogP contribution in [0.3, 0.4) is 0 Å². The first kappa shape index (κ1) is 20.4. The first-order valence-corrected chi connectivity index (χ1v) is 10.3. The summed E-state index contributed by atoms with van der Waals surface area (Å²) >= 11 is 0. The maximum atomic E-state index is 12.5. The van der Waals surface area contributed by atoms with Gasteiger partial charge in [0.05, 0.1) is 28.4 Å². The van der Waals surface area contributed by atoms with E-state index in [0.717, 1.165) is 32.1 Å². The lowest BCUT2D eigenvalue weighted by Crippen LogP contribution is -2.44. The van der Waals surface area contributed by atoms with Crippen LogP contribution in [0.4, 0.5) is 5.69 Å². The van der Waals surface area contributed by atoms with E-state index in [9.17, 15) is 14.9 Å². The fourth-order valence-electron chi connectivity index (χ4n) is 4.11. The number of rotatable bonds is 5. The summed E-state index contributed by atoms with van der Waals surface area (Å²) in [6.45, 7) is 5.34. The highest BCUT2D eigenvalue weighted by Gasteiger charge is 2.50. The van der Waals surface area contributed by atoms with Gasteiger partial charge >= 0.3 is 5.97 Å². The predicted molar refractivity (Wildman–Crippen MR) is 112 cm³/mol. The lowest BCUT2D eigenvalue weighted by molar-refractivity contribution is -0.140. The maximum absolute atomic E-state index is 12.5. The number of esters is 1. The van der Waals surface area contributed by atoms with E-state index >= 15 is 0 Å². The Bertz CT molecular complexity index is 1090. The molecule has 1 saturated heterocycles. The average Bonchev–Trinajstić information content (AvgIpc) is 3.55. The Balaban J connectivity index is 1.74. The number of nitriles is 1. The summed E-state index contributed by atoms with van der Waals surface area (Å²) in [7, 11) is 1.70. The lowest BCUT2D eigenvalue weighted by atomic mass is 9.92. The number of nitrogens with one attached hydrogen (secondary N) is 1. The molecule has 1 aliphatic carbocycles. The minimum absolute atomic E-state index is 0.0548. The molecule has 0 aromatic carbocycles. The van der Waals surface area contributed by atoms with E-state index in [1.165, 1.54) is 6.20 Å². The van der Waals surface area contributed by atoms with Crippen LogP contribution in [0.2, 0.25) is 0 Å². The second kappa shape index (κ2) is 7.40. The van der Waals surface area contributed by atoms with Gasteiger partial charge in [-0.25, -0.2) is 4.98 Å². The molecule has 0 amide bonds. The van der Waals surface area contributed by atoms with Gasteiger partial charge in [0, 0.05) is 31.7 Å². The molecule has 1 aliphatic heterocycles. The zero-order valence-electron chi connectivity index (χ0n) is 17.6. The van der Waals surface area contributed by atoms with E-state index in [4.69, 9.17) is 9.47 Å². The third-order valence-electron chi connectivity index (χ3n) is 6.75. The van der Waals surface area contributed by atoms with Crippen molar-refractivity contribution in [3.8, 4) is 11.9 Å². The SMILES string of the molecule is CCC1(C(=O)Oc2cc3c(N4CCC(C)(OC)CC4)c(C#N)c(=O)[nH]c3cn2)CC1.